The molecule has 0 spiro atoms. The fourth-order valence-corrected chi connectivity index (χ4v) is 4.94. The van der Waals surface area contributed by atoms with Gasteiger partial charge in [0.15, 0.2) is 0 Å². The molecular weight excluding hydrogens is 398 g/mol. The fraction of sp³-hybridized carbons (Fsp3) is 0.958. The second-order valence-corrected chi connectivity index (χ2v) is 10.6. The summed E-state index contributed by atoms with van der Waals surface area (Å²) in [7, 11) is 3.45. The van der Waals surface area contributed by atoms with Crippen LogP contribution in [-0.2, 0) is 9.53 Å². The molecule has 31 heavy (non-hydrogen) atoms. The van der Waals surface area contributed by atoms with Crippen molar-refractivity contribution in [1.29, 1.82) is 0 Å². The Bertz CT molecular complexity index is 522. The van der Waals surface area contributed by atoms with Gasteiger partial charge in [-0.05, 0) is 45.1 Å². The molecule has 0 bridgehead atoms. The highest BCUT2D eigenvalue weighted by Gasteiger charge is 2.43. The number of aldehydes is 1. The van der Waals surface area contributed by atoms with Crippen molar-refractivity contribution >= 4 is 6.29 Å². The van der Waals surface area contributed by atoms with Gasteiger partial charge in [-0.3, -0.25) is 0 Å². The highest BCUT2D eigenvalue weighted by atomic mass is 16.5. The molecule has 0 rings (SSSR count). The monoisotopic (exact) mass is 447 g/mol. The Hall–Kier alpha value is -0.570. The van der Waals surface area contributed by atoms with E-state index in [0.717, 1.165) is 0 Å². The van der Waals surface area contributed by atoms with Crippen LogP contribution in [0.4, 0.5) is 0 Å². The van der Waals surface area contributed by atoms with Gasteiger partial charge in [-0.1, -0.05) is 41.5 Å². The average molecular weight is 448 g/mol. The van der Waals surface area contributed by atoms with Crippen molar-refractivity contribution in [1.82, 2.24) is 4.90 Å². The fourth-order valence-electron chi connectivity index (χ4n) is 4.94. The van der Waals surface area contributed by atoms with Gasteiger partial charge in [0.05, 0.1) is 18.3 Å². The molecule has 0 radical (unpaired) electrons. The van der Waals surface area contributed by atoms with E-state index in [1.165, 1.54) is 7.11 Å². The third kappa shape index (κ3) is 8.06. The Balaban J connectivity index is 5.09. The van der Waals surface area contributed by atoms with Gasteiger partial charge >= 0.3 is 0 Å². The highest BCUT2D eigenvalue weighted by molar-refractivity contribution is 5.53. The maximum absolute atomic E-state index is 11.0. The minimum absolute atomic E-state index is 0.187. The molecule has 0 aliphatic rings. The number of aliphatic hydroxyl groups excluding tert-OH is 3. The lowest BCUT2D eigenvalue weighted by Crippen LogP contribution is -2.58. The SMILES string of the molecule is CC[C@@H](OC)[C@@](C)(O)C(O)C(C)N(C)C[C@H](C)CC(C)(C)[C@H](O)[C@@H](C)[C@H](O)C(C)C=O. The van der Waals surface area contributed by atoms with Crippen LogP contribution in [0.2, 0.25) is 0 Å². The van der Waals surface area contributed by atoms with E-state index in [-0.39, 0.29) is 12.0 Å². The first-order valence-electron chi connectivity index (χ1n) is 11.5. The molecule has 9 atom stereocenters. The van der Waals surface area contributed by atoms with E-state index in [0.29, 0.717) is 25.7 Å². The molecule has 0 aromatic rings. The molecule has 0 aliphatic heterocycles. The maximum Gasteiger partial charge on any atom is 0.125 e. The molecule has 0 aliphatic carbocycles. The molecule has 0 fully saturated rings. The van der Waals surface area contributed by atoms with Gasteiger partial charge < -0.3 is 34.9 Å². The average Bonchev–Trinajstić information content (AvgIpc) is 2.70. The summed E-state index contributed by atoms with van der Waals surface area (Å²) < 4.78 is 5.36. The Morgan fingerprint density at radius 3 is 1.97 bits per heavy atom. The normalized spacial score (nSPS) is 22.7. The summed E-state index contributed by atoms with van der Waals surface area (Å²) in [5.74, 6) is -0.777. The molecule has 0 aromatic carbocycles. The quantitative estimate of drug-likeness (QED) is 0.285. The van der Waals surface area contributed by atoms with Crippen LogP contribution < -0.4 is 0 Å². The summed E-state index contributed by atoms with van der Waals surface area (Å²) in [5, 5.41) is 42.9. The Morgan fingerprint density at radius 1 is 1.03 bits per heavy atom. The predicted octanol–water partition coefficient (Wildman–Crippen LogP) is 2.09. The summed E-state index contributed by atoms with van der Waals surface area (Å²) in [5.41, 5.74) is -1.85. The predicted molar refractivity (Wildman–Crippen MR) is 124 cm³/mol. The largest absolute Gasteiger partial charge is 0.392 e. The summed E-state index contributed by atoms with van der Waals surface area (Å²) >= 11 is 0. The first-order valence-corrected chi connectivity index (χ1v) is 11.5. The van der Waals surface area contributed by atoms with E-state index in [2.05, 4.69) is 6.92 Å². The minimum atomic E-state index is -1.38. The van der Waals surface area contributed by atoms with Crippen LogP contribution in [-0.4, -0.2) is 88.4 Å². The van der Waals surface area contributed by atoms with Gasteiger partial charge in [0.1, 0.15) is 18.0 Å². The van der Waals surface area contributed by atoms with Crippen molar-refractivity contribution in [3.63, 3.8) is 0 Å². The van der Waals surface area contributed by atoms with Gasteiger partial charge in [-0.25, -0.2) is 0 Å². The van der Waals surface area contributed by atoms with Crippen LogP contribution in [0.15, 0.2) is 0 Å². The number of ether oxygens (including phenoxy) is 1. The topological polar surface area (TPSA) is 110 Å². The molecule has 4 N–H and O–H groups in total. The third-order valence-electron chi connectivity index (χ3n) is 7.12. The van der Waals surface area contributed by atoms with Crippen LogP contribution in [0.25, 0.3) is 0 Å². The molecule has 186 valence electrons. The zero-order chi connectivity index (χ0) is 24.7. The summed E-state index contributed by atoms with van der Waals surface area (Å²) in [4.78, 5) is 13.0. The first kappa shape index (κ1) is 30.4. The van der Waals surface area contributed by atoms with E-state index in [9.17, 15) is 25.2 Å². The van der Waals surface area contributed by atoms with Crippen molar-refractivity contribution in [3.05, 3.63) is 0 Å². The molecular formula is C24H49NO6. The van der Waals surface area contributed by atoms with Crippen LogP contribution in [0.5, 0.6) is 0 Å². The number of carbonyl (C=O) groups is 1. The van der Waals surface area contributed by atoms with Crippen molar-refractivity contribution in [2.45, 2.75) is 104 Å². The van der Waals surface area contributed by atoms with Crippen LogP contribution in [0.3, 0.4) is 0 Å². The Kier molecular flexibility index (Phi) is 12.4. The van der Waals surface area contributed by atoms with Crippen molar-refractivity contribution in [2.75, 3.05) is 20.7 Å². The van der Waals surface area contributed by atoms with Gasteiger partial charge in [-0.2, -0.15) is 0 Å². The summed E-state index contributed by atoms with van der Waals surface area (Å²) in [6, 6.07) is -0.302. The third-order valence-corrected chi connectivity index (χ3v) is 7.12. The van der Waals surface area contributed by atoms with Crippen LogP contribution >= 0.6 is 0 Å². The molecule has 0 saturated heterocycles. The maximum atomic E-state index is 11.0. The van der Waals surface area contributed by atoms with Crippen molar-refractivity contribution in [3.8, 4) is 0 Å². The Morgan fingerprint density at radius 2 is 1.55 bits per heavy atom. The van der Waals surface area contributed by atoms with E-state index in [4.69, 9.17) is 4.74 Å². The van der Waals surface area contributed by atoms with Gasteiger partial charge in [0, 0.05) is 31.5 Å². The Labute approximate surface area is 189 Å². The molecule has 7 heteroatoms. The van der Waals surface area contributed by atoms with E-state index in [1.54, 1.807) is 20.8 Å². The molecule has 0 saturated carbocycles. The van der Waals surface area contributed by atoms with Gasteiger partial charge in [0.2, 0.25) is 0 Å². The van der Waals surface area contributed by atoms with E-state index >= 15 is 0 Å². The van der Waals surface area contributed by atoms with E-state index < -0.39 is 47.3 Å². The van der Waals surface area contributed by atoms with Crippen LogP contribution in [0, 0.1) is 23.2 Å². The second kappa shape index (κ2) is 12.6. The first-order chi connectivity index (χ1) is 14.1. The number of rotatable bonds is 15. The van der Waals surface area contributed by atoms with Crippen molar-refractivity contribution < 1.29 is 30.0 Å². The standard InChI is InChI=1S/C24H49NO6/c1-11-19(31-10)24(8,30)22(29)18(5)25(9)13-15(2)12-23(6,7)21(28)17(4)20(27)16(3)14-26/h14-22,27-30H,11-13H2,1-10H3/t15-,16?,17+,18?,19-,20-,21-,22?,24-/m1/s1. The number of likely N-dealkylation sites (N-methyl/N-ethyl adjacent to an activating group) is 1. The minimum Gasteiger partial charge on any atom is -0.392 e. The molecule has 0 heterocycles. The smallest absolute Gasteiger partial charge is 0.125 e. The molecule has 3 unspecified atom stereocenters. The number of aliphatic hydroxyl groups is 4. The molecule has 0 aromatic heterocycles. The summed E-state index contributed by atoms with van der Waals surface area (Å²) in [6.07, 6.45) is -1.12. The zero-order valence-electron chi connectivity index (χ0n) is 21.4. The lowest BCUT2D eigenvalue weighted by Gasteiger charge is -2.42. The number of carbonyl (C=O) groups excluding carboxylic acids is 1. The van der Waals surface area contributed by atoms with Crippen LogP contribution in [0.1, 0.15) is 68.2 Å². The van der Waals surface area contributed by atoms with Crippen molar-refractivity contribution in [2.24, 2.45) is 23.2 Å². The zero-order valence-corrected chi connectivity index (χ0v) is 21.4. The lowest BCUT2D eigenvalue weighted by atomic mass is 9.72. The molecule has 0 amide bonds. The number of hydrogen-bond donors (Lipinski definition) is 4. The van der Waals surface area contributed by atoms with Gasteiger partial charge in [-0.15, -0.1) is 0 Å². The summed E-state index contributed by atoms with van der Waals surface area (Å²) in [6.45, 7) is 15.5. The second-order valence-electron chi connectivity index (χ2n) is 10.6. The highest BCUT2D eigenvalue weighted by Crippen LogP contribution is 2.35. The number of methoxy groups -OCH3 is 1. The molecule has 7 nitrogen and oxygen atoms in total. The number of nitrogens with zero attached hydrogens (tertiary/aromatic N) is 1. The van der Waals surface area contributed by atoms with Gasteiger partial charge in [0.25, 0.3) is 0 Å². The van der Waals surface area contributed by atoms with E-state index in [1.807, 2.05) is 39.6 Å². The number of hydrogen-bond acceptors (Lipinski definition) is 7. The lowest BCUT2D eigenvalue weighted by molar-refractivity contribution is -0.163.